The Labute approximate surface area is 110 Å². The molecule has 2 N–H and O–H groups in total. The number of carbonyl (C=O) groups excluding carboxylic acids is 2. The van der Waals surface area contributed by atoms with Gasteiger partial charge in [0.2, 0.25) is 0 Å². The number of nitrogens with two attached hydrogens (primary N) is 1. The minimum absolute atomic E-state index is 0.188. The number of hydrogen-bond donors (Lipinski definition) is 1. The van der Waals surface area contributed by atoms with Gasteiger partial charge in [-0.05, 0) is 29.3 Å². The number of amides is 2. The van der Waals surface area contributed by atoms with E-state index in [1.807, 2.05) is 23.8 Å². The molecule has 1 aromatic heterocycles. The molecule has 1 atom stereocenters. The Balaban J connectivity index is 2.18. The fraction of sp³-hybridized carbons (Fsp3) is 0.500. The van der Waals surface area contributed by atoms with E-state index in [1.165, 1.54) is 0 Å². The summed E-state index contributed by atoms with van der Waals surface area (Å²) in [6.07, 6.45) is 0. The smallest absolute Gasteiger partial charge is 0.312 e. The lowest BCUT2D eigenvalue weighted by atomic mass is 10.1. The van der Waals surface area contributed by atoms with Gasteiger partial charge in [0.25, 0.3) is 0 Å². The third-order valence-electron chi connectivity index (χ3n) is 3.25. The lowest BCUT2D eigenvalue weighted by Gasteiger charge is -2.37. The first kappa shape index (κ1) is 13.0. The first-order chi connectivity index (χ1) is 8.69. The molecule has 0 radical (unpaired) electrons. The topological polar surface area (TPSA) is 66.6 Å². The van der Waals surface area contributed by atoms with Crippen LogP contribution in [0.2, 0.25) is 0 Å². The standard InChI is InChI=1S/C12H17N3O2S/c1-2-14-4-5-15(12(17)11(14)16)10(7-13)9-3-6-18-8-9/h3,6,8,10H,2,4-5,7,13H2,1H3. The maximum Gasteiger partial charge on any atom is 0.312 e. The number of hydrogen-bond acceptors (Lipinski definition) is 4. The molecule has 0 aliphatic carbocycles. The quantitative estimate of drug-likeness (QED) is 0.805. The zero-order valence-electron chi connectivity index (χ0n) is 10.3. The van der Waals surface area contributed by atoms with E-state index in [9.17, 15) is 9.59 Å². The van der Waals surface area contributed by atoms with Crippen molar-refractivity contribution in [2.24, 2.45) is 5.73 Å². The van der Waals surface area contributed by atoms with Crippen LogP contribution in [0.4, 0.5) is 0 Å². The second-order valence-corrected chi connectivity index (χ2v) is 4.97. The maximum absolute atomic E-state index is 12.1. The zero-order valence-corrected chi connectivity index (χ0v) is 11.2. The van der Waals surface area contributed by atoms with Crippen molar-refractivity contribution < 1.29 is 9.59 Å². The van der Waals surface area contributed by atoms with Crippen LogP contribution in [0.1, 0.15) is 18.5 Å². The SMILES string of the molecule is CCN1CCN(C(CN)c2ccsc2)C(=O)C1=O. The van der Waals surface area contributed by atoms with Gasteiger partial charge in [-0.2, -0.15) is 11.3 Å². The first-order valence-corrected chi connectivity index (χ1v) is 6.95. The number of thiophene rings is 1. The molecule has 18 heavy (non-hydrogen) atoms. The van der Waals surface area contributed by atoms with E-state index in [1.54, 1.807) is 21.1 Å². The molecule has 1 saturated heterocycles. The predicted molar refractivity (Wildman–Crippen MR) is 70.1 cm³/mol. The number of likely N-dealkylation sites (N-methyl/N-ethyl adjacent to an activating group) is 1. The number of piperazine rings is 1. The van der Waals surface area contributed by atoms with E-state index in [-0.39, 0.29) is 6.04 Å². The molecule has 0 bridgehead atoms. The van der Waals surface area contributed by atoms with Crippen molar-refractivity contribution in [3.63, 3.8) is 0 Å². The van der Waals surface area contributed by atoms with Crippen molar-refractivity contribution in [3.05, 3.63) is 22.4 Å². The Hall–Kier alpha value is -1.40. The van der Waals surface area contributed by atoms with Crippen molar-refractivity contribution in [3.8, 4) is 0 Å². The van der Waals surface area contributed by atoms with Crippen LogP contribution in [0.3, 0.4) is 0 Å². The van der Waals surface area contributed by atoms with Gasteiger partial charge in [-0.25, -0.2) is 0 Å². The average Bonchev–Trinajstić information content (AvgIpc) is 2.89. The Kier molecular flexibility index (Phi) is 3.98. The van der Waals surface area contributed by atoms with E-state index in [0.29, 0.717) is 26.2 Å². The zero-order chi connectivity index (χ0) is 13.1. The number of nitrogens with zero attached hydrogens (tertiary/aromatic N) is 2. The van der Waals surface area contributed by atoms with Crippen LogP contribution in [0.25, 0.3) is 0 Å². The molecule has 1 aromatic rings. The van der Waals surface area contributed by atoms with Gasteiger partial charge in [0.1, 0.15) is 0 Å². The second-order valence-electron chi connectivity index (χ2n) is 4.19. The lowest BCUT2D eigenvalue weighted by Crippen LogP contribution is -2.55. The third kappa shape index (κ3) is 2.26. The molecule has 1 fully saturated rings. The van der Waals surface area contributed by atoms with Gasteiger partial charge in [-0.15, -0.1) is 0 Å². The van der Waals surface area contributed by atoms with Crippen LogP contribution in [-0.2, 0) is 9.59 Å². The molecular weight excluding hydrogens is 250 g/mol. The average molecular weight is 267 g/mol. The largest absolute Gasteiger partial charge is 0.333 e. The number of carbonyl (C=O) groups is 2. The fourth-order valence-electron chi connectivity index (χ4n) is 2.20. The Morgan fingerprint density at radius 1 is 1.39 bits per heavy atom. The summed E-state index contributed by atoms with van der Waals surface area (Å²) in [7, 11) is 0. The summed E-state index contributed by atoms with van der Waals surface area (Å²) < 4.78 is 0. The summed E-state index contributed by atoms with van der Waals surface area (Å²) >= 11 is 1.57. The van der Waals surface area contributed by atoms with Crippen LogP contribution < -0.4 is 5.73 Å². The highest BCUT2D eigenvalue weighted by Gasteiger charge is 2.35. The summed E-state index contributed by atoms with van der Waals surface area (Å²) in [6.45, 7) is 3.92. The fourth-order valence-corrected chi connectivity index (χ4v) is 2.90. The molecule has 98 valence electrons. The van der Waals surface area contributed by atoms with Crippen molar-refractivity contribution >= 4 is 23.2 Å². The highest BCUT2D eigenvalue weighted by atomic mass is 32.1. The highest BCUT2D eigenvalue weighted by Crippen LogP contribution is 2.24. The Morgan fingerprint density at radius 2 is 2.17 bits per heavy atom. The summed E-state index contributed by atoms with van der Waals surface area (Å²) in [4.78, 5) is 27.1. The van der Waals surface area contributed by atoms with Crippen molar-refractivity contribution in [1.82, 2.24) is 9.80 Å². The molecule has 5 nitrogen and oxygen atoms in total. The van der Waals surface area contributed by atoms with Crippen LogP contribution in [0, 0.1) is 0 Å². The summed E-state index contributed by atoms with van der Waals surface area (Å²) in [5.41, 5.74) is 6.76. The van der Waals surface area contributed by atoms with Gasteiger partial charge in [0.15, 0.2) is 0 Å². The van der Waals surface area contributed by atoms with E-state index in [2.05, 4.69) is 0 Å². The van der Waals surface area contributed by atoms with Gasteiger partial charge in [-0.3, -0.25) is 9.59 Å². The van der Waals surface area contributed by atoms with E-state index in [4.69, 9.17) is 5.73 Å². The van der Waals surface area contributed by atoms with E-state index >= 15 is 0 Å². The molecule has 1 unspecified atom stereocenters. The molecule has 2 heterocycles. The van der Waals surface area contributed by atoms with Gasteiger partial charge >= 0.3 is 11.8 Å². The van der Waals surface area contributed by atoms with Crippen molar-refractivity contribution in [2.75, 3.05) is 26.2 Å². The molecule has 1 aliphatic heterocycles. The second kappa shape index (κ2) is 5.49. The van der Waals surface area contributed by atoms with Gasteiger partial charge in [0, 0.05) is 26.2 Å². The van der Waals surface area contributed by atoms with E-state index in [0.717, 1.165) is 5.56 Å². The molecule has 2 amide bonds. The van der Waals surface area contributed by atoms with Crippen LogP contribution in [0.15, 0.2) is 16.8 Å². The molecule has 0 saturated carbocycles. The van der Waals surface area contributed by atoms with Gasteiger partial charge in [0.05, 0.1) is 6.04 Å². The molecule has 2 rings (SSSR count). The maximum atomic E-state index is 12.1. The van der Waals surface area contributed by atoms with Crippen LogP contribution >= 0.6 is 11.3 Å². The first-order valence-electron chi connectivity index (χ1n) is 6.01. The van der Waals surface area contributed by atoms with Crippen LogP contribution in [-0.4, -0.2) is 47.8 Å². The van der Waals surface area contributed by atoms with Crippen molar-refractivity contribution in [1.29, 1.82) is 0 Å². The summed E-state index contributed by atoms with van der Waals surface area (Å²) in [5, 5.41) is 3.92. The van der Waals surface area contributed by atoms with Gasteiger partial charge < -0.3 is 15.5 Å². The minimum atomic E-state index is -0.440. The molecule has 0 spiro atoms. The van der Waals surface area contributed by atoms with Crippen LogP contribution in [0.5, 0.6) is 0 Å². The molecular formula is C12H17N3O2S. The monoisotopic (exact) mass is 267 g/mol. The Bertz CT molecular complexity index is 433. The normalized spacial score (nSPS) is 18.3. The summed E-state index contributed by atoms with van der Waals surface area (Å²) in [6, 6.07) is 1.76. The minimum Gasteiger partial charge on any atom is -0.333 e. The molecule has 1 aliphatic rings. The Morgan fingerprint density at radius 3 is 2.72 bits per heavy atom. The van der Waals surface area contributed by atoms with Crippen molar-refractivity contribution in [2.45, 2.75) is 13.0 Å². The highest BCUT2D eigenvalue weighted by molar-refractivity contribution is 7.08. The molecule has 6 heteroatoms. The third-order valence-corrected chi connectivity index (χ3v) is 3.95. The predicted octanol–water partition coefficient (Wildman–Crippen LogP) is 0.439. The van der Waals surface area contributed by atoms with Gasteiger partial charge in [-0.1, -0.05) is 0 Å². The number of rotatable bonds is 4. The lowest BCUT2D eigenvalue weighted by molar-refractivity contribution is -0.157. The summed E-state index contributed by atoms with van der Waals surface area (Å²) in [5.74, 6) is -0.859. The molecule has 0 aromatic carbocycles. The van der Waals surface area contributed by atoms with E-state index < -0.39 is 11.8 Å².